The SMILES string of the molecule is O=C(NC1CCCC1)c1ccc(Nc2ccc(N3CCCC3)cc2)nn1. The molecule has 2 N–H and O–H groups in total. The molecular formula is C20H25N5O. The average Bonchev–Trinajstić information content (AvgIpc) is 3.37. The van der Waals surface area contributed by atoms with E-state index < -0.39 is 0 Å². The number of aromatic nitrogens is 2. The third kappa shape index (κ3) is 3.95. The molecule has 2 aromatic rings. The minimum Gasteiger partial charge on any atom is -0.372 e. The van der Waals surface area contributed by atoms with Crippen molar-refractivity contribution in [1.82, 2.24) is 15.5 Å². The van der Waals surface area contributed by atoms with Crippen LogP contribution in [0.25, 0.3) is 0 Å². The lowest BCUT2D eigenvalue weighted by Gasteiger charge is -2.17. The van der Waals surface area contributed by atoms with Crippen molar-refractivity contribution in [2.45, 2.75) is 44.6 Å². The molecule has 2 heterocycles. The van der Waals surface area contributed by atoms with Crippen LogP contribution in [0.15, 0.2) is 36.4 Å². The van der Waals surface area contributed by atoms with Gasteiger partial charge in [-0.1, -0.05) is 12.8 Å². The van der Waals surface area contributed by atoms with Crippen LogP contribution in [0.4, 0.5) is 17.2 Å². The molecule has 6 heteroatoms. The van der Waals surface area contributed by atoms with Crippen molar-refractivity contribution >= 4 is 23.1 Å². The Labute approximate surface area is 154 Å². The van der Waals surface area contributed by atoms with Gasteiger partial charge in [0, 0.05) is 30.5 Å². The van der Waals surface area contributed by atoms with E-state index in [4.69, 9.17) is 0 Å². The van der Waals surface area contributed by atoms with E-state index in [1.54, 1.807) is 12.1 Å². The summed E-state index contributed by atoms with van der Waals surface area (Å²) < 4.78 is 0. The van der Waals surface area contributed by atoms with Gasteiger partial charge in [0.2, 0.25) is 0 Å². The third-order valence-corrected chi connectivity index (χ3v) is 5.20. The summed E-state index contributed by atoms with van der Waals surface area (Å²) in [5, 5.41) is 14.5. The van der Waals surface area contributed by atoms with Crippen LogP contribution in [-0.2, 0) is 0 Å². The van der Waals surface area contributed by atoms with E-state index >= 15 is 0 Å². The topological polar surface area (TPSA) is 70.2 Å². The van der Waals surface area contributed by atoms with Gasteiger partial charge in [0.25, 0.3) is 5.91 Å². The first kappa shape index (κ1) is 16.8. The molecule has 1 aromatic carbocycles. The van der Waals surface area contributed by atoms with E-state index in [2.05, 4.69) is 50.0 Å². The van der Waals surface area contributed by atoms with Crippen LogP contribution < -0.4 is 15.5 Å². The van der Waals surface area contributed by atoms with Crippen molar-refractivity contribution < 1.29 is 4.79 Å². The summed E-state index contributed by atoms with van der Waals surface area (Å²) in [7, 11) is 0. The molecule has 1 aliphatic carbocycles. The molecule has 1 aliphatic heterocycles. The maximum absolute atomic E-state index is 12.2. The van der Waals surface area contributed by atoms with Crippen molar-refractivity contribution in [2.75, 3.05) is 23.3 Å². The van der Waals surface area contributed by atoms with Crippen molar-refractivity contribution in [3.05, 3.63) is 42.1 Å². The van der Waals surface area contributed by atoms with Crippen LogP contribution in [0, 0.1) is 0 Å². The van der Waals surface area contributed by atoms with Crippen LogP contribution in [0.3, 0.4) is 0 Å². The summed E-state index contributed by atoms with van der Waals surface area (Å²) >= 11 is 0. The zero-order valence-electron chi connectivity index (χ0n) is 14.9. The number of anilines is 3. The normalized spacial score (nSPS) is 17.5. The number of rotatable bonds is 5. The fourth-order valence-corrected chi connectivity index (χ4v) is 3.73. The number of carbonyl (C=O) groups excluding carboxylic acids is 1. The molecule has 2 aliphatic rings. The zero-order valence-corrected chi connectivity index (χ0v) is 14.9. The molecule has 4 rings (SSSR count). The Morgan fingerprint density at radius 3 is 2.31 bits per heavy atom. The van der Waals surface area contributed by atoms with Crippen LogP contribution in [0.5, 0.6) is 0 Å². The number of amides is 1. The van der Waals surface area contributed by atoms with Crippen molar-refractivity contribution in [3.8, 4) is 0 Å². The predicted molar refractivity (Wildman–Crippen MR) is 103 cm³/mol. The predicted octanol–water partition coefficient (Wildman–Crippen LogP) is 3.49. The molecule has 1 aromatic heterocycles. The highest BCUT2D eigenvalue weighted by atomic mass is 16.2. The molecule has 2 fully saturated rings. The summed E-state index contributed by atoms with van der Waals surface area (Å²) in [6.45, 7) is 2.28. The van der Waals surface area contributed by atoms with Gasteiger partial charge in [-0.25, -0.2) is 0 Å². The maximum atomic E-state index is 12.2. The fraction of sp³-hybridized carbons (Fsp3) is 0.450. The Morgan fingerprint density at radius 2 is 1.65 bits per heavy atom. The fourth-order valence-electron chi connectivity index (χ4n) is 3.73. The molecule has 1 saturated carbocycles. The first-order valence-corrected chi connectivity index (χ1v) is 9.54. The number of hydrogen-bond donors (Lipinski definition) is 2. The number of nitrogens with one attached hydrogen (secondary N) is 2. The van der Waals surface area contributed by atoms with Gasteiger partial charge in [0.15, 0.2) is 11.5 Å². The standard InChI is InChI=1S/C20H25N5O/c26-20(22-15-5-1-2-6-15)18-11-12-19(24-23-18)21-16-7-9-17(10-8-16)25-13-3-4-14-25/h7-12,15H,1-6,13-14H2,(H,21,24)(H,22,26). The van der Waals surface area contributed by atoms with E-state index in [1.165, 1.54) is 31.4 Å². The minimum absolute atomic E-state index is 0.133. The quantitative estimate of drug-likeness (QED) is 0.863. The van der Waals surface area contributed by atoms with Crippen LogP contribution in [-0.4, -0.2) is 35.2 Å². The second-order valence-electron chi connectivity index (χ2n) is 7.12. The van der Waals surface area contributed by atoms with Gasteiger partial charge >= 0.3 is 0 Å². The van der Waals surface area contributed by atoms with Crippen molar-refractivity contribution in [2.24, 2.45) is 0 Å². The van der Waals surface area contributed by atoms with Crippen LogP contribution in [0.1, 0.15) is 49.0 Å². The largest absolute Gasteiger partial charge is 0.372 e. The second kappa shape index (κ2) is 7.72. The Hall–Kier alpha value is -2.63. The first-order chi connectivity index (χ1) is 12.8. The summed E-state index contributed by atoms with van der Waals surface area (Å²) in [4.78, 5) is 14.6. The molecule has 26 heavy (non-hydrogen) atoms. The average molecular weight is 351 g/mol. The maximum Gasteiger partial charge on any atom is 0.272 e. The molecule has 1 amide bonds. The Balaban J connectivity index is 1.35. The van der Waals surface area contributed by atoms with E-state index in [9.17, 15) is 4.79 Å². The summed E-state index contributed by atoms with van der Waals surface area (Å²) in [6.07, 6.45) is 7.05. The molecule has 0 bridgehead atoms. The first-order valence-electron chi connectivity index (χ1n) is 9.54. The van der Waals surface area contributed by atoms with E-state index in [0.717, 1.165) is 31.6 Å². The van der Waals surface area contributed by atoms with Gasteiger partial charge in [-0.05, 0) is 62.1 Å². The monoisotopic (exact) mass is 351 g/mol. The second-order valence-corrected chi connectivity index (χ2v) is 7.12. The molecule has 0 spiro atoms. The summed E-state index contributed by atoms with van der Waals surface area (Å²) in [6, 6.07) is 12.2. The van der Waals surface area contributed by atoms with Crippen molar-refractivity contribution in [1.29, 1.82) is 0 Å². The smallest absolute Gasteiger partial charge is 0.272 e. The van der Waals surface area contributed by atoms with Gasteiger partial charge in [0.1, 0.15) is 0 Å². The molecule has 0 atom stereocenters. The lowest BCUT2D eigenvalue weighted by atomic mass is 10.2. The molecule has 0 unspecified atom stereocenters. The highest BCUT2D eigenvalue weighted by Crippen LogP contribution is 2.23. The lowest BCUT2D eigenvalue weighted by molar-refractivity contribution is 0.0932. The molecule has 136 valence electrons. The van der Waals surface area contributed by atoms with Crippen LogP contribution >= 0.6 is 0 Å². The highest BCUT2D eigenvalue weighted by Gasteiger charge is 2.19. The molecule has 6 nitrogen and oxygen atoms in total. The van der Waals surface area contributed by atoms with Gasteiger partial charge in [-0.15, -0.1) is 10.2 Å². The van der Waals surface area contributed by atoms with Gasteiger partial charge < -0.3 is 15.5 Å². The van der Waals surface area contributed by atoms with E-state index in [0.29, 0.717) is 11.5 Å². The summed E-state index contributed by atoms with van der Waals surface area (Å²) in [5.74, 6) is 0.502. The third-order valence-electron chi connectivity index (χ3n) is 5.20. The minimum atomic E-state index is -0.133. The molecular weight excluding hydrogens is 326 g/mol. The van der Waals surface area contributed by atoms with Gasteiger partial charge in [-0.2, -0.15) is 0 Å². The van der Waals surface area contributed by atoms with Gasteiger partial charge in [-0.3, -0.25) is 4.79 Å². The van der Waals surface area contributed by atoms with Gasteiger partial charge in [0.05, 0.1) is 0 Å². The van der Waals surface area contributed by atoms with E-state index in [-0.39, 0.29) is 11.9 Å². The lowest BCUT2D eigenvalue weighted by Crippen LogP contribution is -2.33. The summed E-state index contributed by atoms with van der Waals surface area (Å²) in [5.41, 5.74) is 2.59. The zero-order chi connectivity index (χ0) is 17.8. The Morgan fingerprint density at radius 1 is 0.923 bits per heavy atom. The number of carbonyl (C=O) groups is 1. The molecule has 0 radical (unpaired) electrons. The molecule has 1 saturated heterocycles. The number of benzene rings is 1. The highest BCUT2D eigenvalue weighted by molar-refractivity contribution is 5.92. The Bertz CT molecular complexity index is 732. The van der Waals surface area contributed by atoms with E-state index in [1.807, 2.05) is 0 Å². The number of nitrogens with zero attached hydrogens (tertiary/aromatic N) is 3. The van der Waals surface area contributed by atoms with Crippen LogP contribution in [0.2, 0.25) is 0 Å². The Kier molecular flexibility index (Phi) is 5.00. The number of hydrogen-bond acceptors (Lipinski definition) is 5. The van der Waals surface area contributed by atoms with Crippen molar-refractivity contribution in [3.63, 3.8) is 0 Å².